The third-order valence-electron chi connectivity index (χ3n) is 2.79. The average molecular weight is 229 g/mol. The first kappa shape index (κ1) is 11.5. The number of carbonyl (C=O) groups excluding carboxylic acids is 1. The lowest BCUT2D eigenvalue weighted by Gasteiger charge is -1.98. The highest BCUT2D eigenvalue weighted by atomic mass is 16.1. The van der Waals surface area contributed by atoms with E-state index in [-0.39, 0.29) is 5.78 Å². The quantitative estimate of drug-likeness (QED) is 0.753. The molecule has 0 spiro atoms. The summed E-state index contributed by atoms with van der Waals surface area (Å²) in [6.07, 6.45) is 4.70. The van der Waals surface area contributed by atoms with Gasteiger partial charge in [0.25, 0.3) is 0 Å². The number of Topliss-reactive ketones (excluding diaryl/α,β-unsaturated/α-hetero) is 1. The van der Waals surface area contributed by atoms with Crippen LogP contribution in [0, 0.1) is 6.92 Å². The lowest BCUT2D eigenvalue weighted by atomic mass is 10.1. The van der Waals surface area contributed by atoms with Gasteiger partial charge in [-0.15, -0.1) is 0 Å². The minimum absolute atomic E-state index is 0.0884. The number of hydrogen-bond donors (Lipinski definition) is 0. The van der Waals surface area contributed by atoms with Crippen LogP contribution in [0.25, 0.3) is 0 Å². The number of ketones is 1. The fourth-order valence-electron chi connectivity index (χ4n) is 1.63. The Hall–Kier alpha value is -1.97. The first-order chi connectivity index (χ1) is 8.16. The predicted octanol–water partition coefficient (Wildman–Crippen LogP) is 1.94. The van der Waals surface area contributed by atoms with Crippen LogP contribution in [0.3, 0.4) is 0 Å². The molecule has 4 heteroatoms. The molecule has 0 aliphatic heterocycles. The maximum Gasteiger partial charge on any atom is 0.183 e. The van der Waals surface area contributed by atoms with Crippen molar-refractivity contribution in [3.8, 4) is 0 Å². The molecule has 0 radical (unpaired) electrons. The highest BCUT2D eigenvalue weighted by Gasteiger charge is 2.10. The van der Waals surface area contributed by atoms with Gasteiger partial charge in [0.2, 0.25) is 0 Å². The molecule has 0 aromatic carbocycles. The molecule has 0 fully saturated rings. The van der Waals surface area contributed by atoms with Crippen LogP contribution in [0.15, 0.2) is 30.6 Å². The largest absolute Gasteiger partial charge is 0.292 e. The summed E-state index contributed by atoms with van der Waals surface area (Å²) in [5.74, 6) is 0.0884. The van der Waals surface area contributed by atoms with Crippen LogP contribution < -0.4 is 0 Å². The normalized spacial score (nSPS) is 10.5. The van der Waals surface area contributed by atoms with Crippen molar-refractivity contribution in [2.24, 2.45) is 7.05 Å². The van der Waals surface area contributed by atoms with Gasteiger partial charge in [0.15, 0.2) is 5.78 Å². The Balaban J connectivity index is 1.98. The molecule has 0 unspecified atom stereocenters. The molecule has 0 bridgehead atoms. The summed E-state index contributed by atoms with van der Waals surface area (Å²) in [4.78, 5) is 15.8. The summed E-state index contributed by atoms with van der Waals surface area (Å²) >= 11 is 0. The van der Waals surface area contributed by atoms with Crippen molar-refractivity contribution in [1.82, 2.24) is 14.8 Å². The van der Waals surface area contributed by atoms with E-state index in [1.807, 2.05) is 32.2 Å². The summed E-state index contributed by atoms with van der Waals surface area (Å²) in [7, 11) is 1.84. The standard InChI is InChI=1S/C13H15N3O/c1-10-9-12(15-16(10)2)13(17)4-3-11-5-7-14-8-6-11/h5-9H,3-4H2,1-2H3. The fourth-order valence-corrected chi connectivity index (χ4v) is 1.63. The van der Waals surface area contributed by atoms with Crippen molar-refractivity contribution in [3.63, 3.8) is 0 Å². The lowest BCUT2D eigenvalue weighted by molar-refractivity contribution is 0.0977. The predicted molar refractivity (Wildman–Crippen MR) is 64.8 cm³/mol. The first-order valence-electron chi connectivity index (χ1n) is 5.59. The van der Waals surface area contributed by atoms with E-state index in [0.29, 0.717) is 12.1 Å². The molecule has 0 aliphatic rings. The molecular formula is C13H15N3O. The summed E-state index contributed by atoms with van der Waals surface area (Å²) in [6.45, 7) is 1.94. The molecule has 0 amide bonds. The van der Waals surface area contributed by atoms with Crippen molar-refractivity contribution in [1.29, 1.82) is 0 Å². The second-order valence-corrected chi connectivity index (χ2v) is 4.07. The molecule has 0 N–H and O–H groups in total. The van der Waals surface area contributed by atoms with Gasteiger partial charge < -0.3 is 0 Å². The molecule has 17 heavy (non-hydrogen) atoms. The highest BCUT2D eigenvalue weighted by Crippen LogP contribution is 2.08. The molecule has 88 valence electrons. The Bertz CT molecular complexity index is 497. The van der Waals surface area contributed by atoms with Crippen molar-refractivity contribution in [2.45, 2.75) is 19.8 Å². The summed E-state index contributed by atoms with van der Waals surface area (Å²) in [5, 5.41) is 4.18. The zero-order valence-electron chi connectivity index (χ0n) is 10.1. The van der Waals surface area contributed by atoms with Gasteiger partial charge in [0.1, 0.15) is 5.69 Å². The van der Waals surface area contributed by atoms with Gasteiger partial charge in [-0.25, -0.2) is 0 Å². The number of pyridine rings is 1. The topological polar surface area (TPSA) is 47.8 Å². The van der Waals surface area contributed by atoms with Crippen molar-refractivity contribution < 1.29 is 4.79 Å². The third kappa shape index (κ3) is 2.78. The van der Waals surface area contributed by atoms with E-state index in [4.69, 9.17) is 0 Å². The minimum Gasteiger partial charge on any atom is -0.292 e. The molecule has 0 aliphatic carbocycles. The maximum absolute atomic E-state index is 11.9. The molecule has 0 saturated carbocycles. The van der Waals surface area contributed by atoms with Crippen LogP contribution in [-0.2, 0) is 13.5 Å². The Morgan fingerprint density at radius 3 is 2.65 bits per heavy atom. The van der Waals surface area contributed by atoms with E-state index in [9.17, 15) is 4.79 Å². The van der Waals surface area contributed by atoms with Crippen LogP contribution in [0.1, 0.15) is 28.2 Å². The number of rotatable bonds is 4. The summed E-state index contributed by atoms with van der Waals surface area (Å²) in [6, 6.07) is 5.68. The van der Waals surface area contributed by atoms with E-state index < -0.39 is 0 Å². The van der Waals surface area contributed by atoms with Crippen molar-refractivity contribution in [2.75, 3.05) is 0 Å². The molecular weight excluding hydrogens is 214 g/mol. The van der Waals surface area contributed by atoms with Gasteiger partial charge in [-0.3, -0.25) is 14.5 Å². The number of nitrogens with zero attached hydrogens (tertiary/aromatic N) is 3. The smallest absolute Gasteiger partial charge is 0.183 e. The van der Waals surface area contributed by atoms with E-state index >= 15 is 0 Å². The Kier molecular flexibility index (Phi) is 3.32. The lowest BCUT2D eigenvalue weighted by Crippen LogP contribution is -2.03. The number of carbonyl (C=O) groups is 1. The van der Waals surface area contributed by atoms with E-state index in [1.54, 1.807) is 17.1 Å². The first-order valence-corrected chi connectivity index (χ1v) is 5.59. The fraction of sp³-hybridized carbons (Fsp3) is 0.308. The van der Waals surface area contributed by atoms with Gasteiger partial charge >= 0.3 is 0 Å². The Labute approximate surface area is 100 Å². The van der Waals surface area contributed by atoms with Gasteiger partial charge in [-0.2, -0.15) is 5.10 Å². The van der Waals surface area contributed by atoms with Crippen molar-refractivity contribution in [3.05, 3.63) is 47.5 Å². The number of aromatic nitrogens is 3. The molecule has 4 nitrogen and oxygen atoms in total. The van der Waals surface area contributed by atoms with Crippen LogP contribution in [0.5, 0.6) is 0 Å². The SMILES string of the molecule is Cc1cc(C(=O)CCc2ccncc2)nn1C. The zero-order valence-corrected chi connectivity index (χ0v) is 10.1. The van der Waals surface area contributed by atoms with Crippen LogP contribution in [0.2, 0.25) is 0 Å². The van der Waals surface area contributed by atoms with Gasteiger partial charge in [0.05, 0.1) is 0 Å². The minimum atomic E-state index is 0.0884. The number of hydrogen-bond acceptors (Lipinski definition) is 3. The molecule has 2 aromatic rings. The summed E-state index contributed by atoms with van der Waals surface area (Å²) in [5.41, 5.74) is 2.68. The third-order valence-corrected chi connectivity index (χ3v) is 2.79. The Morgan fingerprint density at radius 2 is 2.06 bits per heavy atom. The zero-order chi connectivity index (χ0) is 12.3. The Morgan fingerprint density at radius 1 is 1.35 bits per heavy atom. The van der Waals surface area contributed by atoms with Crippen LogP contribution in [0.4, 0.5) is 0 Å². The van der Waals surface area contributed by atoms with Gasteiger partial charge in [-0.1, -0.05) is 0 Å². The maximum atomic E-state index is 11.9. The number of aryl methyl sites for hydroxylation is 3. The molecule has 2 heterocycles. The van der Waals surface area contributed by atoms with Gasteiger partial charge in [0, 0.05) is 31.6 Å². The molecule has 2 rings (SSSR count). The average Bonchev–Trinajstić information content (AvgIpc) is 2.68. The van der Waals surface area contributed by atoms with Crippen LogP contribution >= 0.6 is 0 Å². The summed E-state index contributed by atoms with van der Waals surface area (Å²) < 4.78 is 1.72. The van der Waals surface area contributed by atoms with E-state index in [1.165, 1.54) is 0 Å². The second kappa shape index (κ2) is 4.91. The van der Waals surface area contributed by atoms with E-state index in [0.717, 1.165) is 17.7 Å². The second-order valence-electron chi connectivity index (χ2n) is 4.07. The van der Waals surface area contributed by atoms with Gasteiger partial charge in [-0.05, 0) is 37.1 Å². The highest BCUT2D eigenvalue weighted by molar-refractivity contribution is 5.94. The molecule has 2 aromatic heterocycles. The van der Waals surface area contributed by atoms with Crippen LogP contribution in [-0.4, -0.2) is 20.5 Å². The molecule has 0 saturated heterocycles. The van der Waals surface area contributed by atoms with E-state index in [2.05, 4.69) is 10.1 Å². The van der Waals surface area contributed by atoms with Crippen molar-refractivity contribution >= 4 is 5.78 Å². The monoisotopic (exact) mass is 229 g/mol. The molecule has 0 atom stereocenters.